The van der Waals surface area contributed by atoms with Crippen LogP contribution in [0.4, 0.5) is 0 Å². The number of rotatable bonds is 13. The van der Waals surface area contributed by atoms with Crippen LogP contribution < -0.4 is 24.8 Å². The molecule has 0 spiro atoms. The summed E-state index contributed by atoms with van der Waals surface area (Å²) in [6.07, 6.45) is 20.4. The van der Waals surface area contributed by atoms with Crippen molar-refractivity contribution in [2.75, 3.05) is 39.3 Å². The Morgan fingerprint density at radius 2 is 1.02 bits per heavy atom. The van der Waals surface area contributed by atoms with Crippen LogP contribution in [0.25, 0.3) is 0 Å². The van der Waals surface area contributed by atoms with Crippen molar-refractivity contribution >= 4 is 5.97 Å². The molecule has 2 aliphatic carbocycles. The van der Waals surface area contributed by atoms with Crippen molar-refractivity contribution < 1.29 is 34.7 Å². The predicted molar refractivity (Wildman–Crippen MR) is 260 cm³/mol. The van der Waals surface area contributed by atoms with Gasteiger partial charge in [-0.15, -0.1) is 0 Å². The highest BCUT2D eigenvalue weighted by Crippen LogP contribution is 2.23. The van der Waals surface area contributed by atoms with Crippen LogP contribution in [0.2, 0.25) is 0 Å². The molecular formula is C51H98Cl2N2O2. The monoisotopic (exact) mass is 841 g/mol. The number of hydrogen-bond donors (Lipinski definition) is 1. The molecule has 0 saturated heterocycles. The number of carboxylic acid groups (broad SMARTS) is 1. The average molecular weight is 842 g/mol. The lowest BCUT2D eigenvalue weighted by Crippen LogP contribution is -3.00. The zero-order valence-electron chi connectivity index (χ0n) is 34.4. The molecule has 338 valence electrons. The number of nitrogens with zero attached hydrogens (tertiary/aromatic N) is 2. The summed E-state index contributed by atoms with van der Waals surface area (Å²) in [6.45, 7) is 41.2. The van der Waals surface area contributed by atoms with Crippen LogP contribution in [-0.4, -0.2) is 60.1 Å². The summed E-state index contributed by atoms with van der Waals surface area (Å²) in [7, 11) is 0. The molecule has 3 rings (SSSR count). The Morgan fingerprint density at radius 3 is 1.30 bits per heavy atom. The van der Waals surface area contributed by atoms with E-state index in [9.17, 15) is 4.79 Å². The van der Waals surface area contributed by atoms with Crippen LogP contribution in [0.1, 0.15) is 169 Å². The van der Waals surface area contributed by atoms with Crippen molar-refractivity contribution in [1.82, 2.24) is 9.80 Å². The van der Waals surface area contributed by atoms with Crippen LogP contribution in [0.5, 0.6) is 0 Å². The van der Waals surface area contributed by atoms with E-state index < -0.39 is 5.97 Å². The van der Waals surface area contributed by atoms with Crippen molar-refractivity contribution in [2.24, 2.45) is 11.8 Å². The molecule has 1 N–H and O–H groups in total. The van der Waals surface area contributed by atoms with Gasteiger partial charge in [0.1, 0.15) is 0 Å². The van der Waals surface area contributed by atoms with Crippen molar-refractivity contribution in [3.05, 3.63) is 120 Å². The summed E-state index contributed by atoms with van der Waals surface area (Å²) >= 11 is 0. The van der Waals surface area contributed by atoms with E-state index in [4.69, 9.17) is 5.11 Å². The van der Waals surface area contributed by atoms with E-state index in [1.165, 1.54) is 68.8 Å². The fraction of sp³-hybridized carbons (Fsp3) is 0.588. The maximum absolute atomic E-state index is 10.6. The first kappa shape index (κ1) is 78.7. The van der Waals surface area contributed by atoms with Crippen LogP contribution in [-0.2, 0) is 0 Å². The molecule has 0 fully saturated rings. The highest BCUT2D eigenvalue weighted by atomic mass is 35.5. The Kier molecular flexibility index (Phi) is 68.3. The number of benzene rings is 1. The smallest absolute Gasteiger partial charge is 0.335 e. The highest BCUT2D eigenvalue weighted by Gasteiger charge is 2.15. The molecule has 0 saturated carbocycles. The highest BCUT2D eigenvalue weighted by molar-refractivity contribution is 5.87. The van der Waals surface area contributed by atoms with E-state index in [-0.39, 0.29) is 69.4 Å². The second kappa shape index (κ2) is 49.5. The van der Waals surface area contributed by atoms with Gasteiger partial charge in [0.15, 0.2) is 0 Å². The summed E-state index contributed by atoms with van der Waals surface area (Å²) in [4.78, 5) is 15.3. The molecule has 3 unspecified atom stereocenters. The lowest BCUT2D eigenvalue weighted by molar-refractivity contribution is -0.00100. The first-order valence-corrected chi connectivity index (χ1v) is 18.9. The Balaban J connectivity index is -0.0000000596. The van der Waals surface area contributed by atoms with Gasteiger partial charge < -0.3 is 39.7 Å². The van der Waals surface area contributed by atoms with Gasteiger partial charge in [0, 0.05) is 66.7 Å². The number of halogens is 2. The maximum Gasteiger partial charge on any atom is 0.335 e. The Bertz CT molecular complexity index is 1140. The normalized spacial score (nSPS) is 12.7. The molecule has 1 aromatic rings. The van der Waals surface area contributed by atoms with Gasteiger partial charge >= 0.3 is 5.97 Å². The summed E-state index contributed by atoms with van der Waals surface area (Å²) in [5.41, 5.74) is 6.58. The lowest BCUT2D eigenvalue weighted by Gasteiger charge is -2.13. The summed E-state index contributed by atoms with van der Waals surface area (Å²) in [6, 6.07) is 7.09. The van der Waals surface area contributed by atoms with Crippen molar-refractivity contribution in [2.45, 2.75) is 153 Å². The molecule has 0 radical (unpaired) electrons. The molecule has 6 heteroatoms. The third-order valence-electron chi connectivity index (χ3n) is 9.32. The van der Waals surface area contributed by atoms with E-state index in [0.29, 0.717) is 23.3 Å². The summed E-state index contributed by atoms with van der Waals surface area (Å²) in [5.74, 6) is 0.978. The molecule has 0 aromatic heterocycles. The zero-order chi connectivity index (χ0) is 37.8. The molecule has 0 amide bonds. The van der Waals surface area contributed by atoms with Crippen molar-refractivity contribution in [1.29, 1.82) is 0 Å². The minimum absolute atomic E-state index is 0. The second-order valence-electron chi connectivity index (χ2n) is 12.6. The quantitative estimate of drug-likeness (QED) is 0.201. The maximum atomic E-state index is 10.6. The van der Waals surface area contributed by atoms with Gasteiger partial charge in [0.05, 0.1) is 22.3 Å². The first-order chi connectivity index (χ1) is 23.3. The molecule has 0 heterocycles. The van der Waals surface area contributed by atoms with E-state index in [0.717, 1.165) is 17.6 Å². The fourth-order valence-electron chi connectivity index (χ4n) is 4.75. The van der Waals surface area contributed by atoms with Crippen molar-refractivity contribution in [3.8, 4) is 0 Å². The van der Waals surface area contributed by atoms with Gasteiger partial charge in [0.25, 0.3) is 0 Å². The standard InChI is InChI=1S/C11H14O2.2C11H15.2C6H15N.6CH4.2ClH/c1-3-8(2)9-4-6-10(7-5-9)11(12)13;1-4-10(3)11-7-5-9(2)6-8-11;1-4-10(3)11-7-5-6-9(2)8-11;2*1-4-7(5-2)6-3;;;;;;;;/h4-8H,3H2,1-2H3,(H,12,13);2*5-8,10H,2,4H2,1,3H3;2*4-6H2,1-3H3;6*1H4;2*1H/q;2*+1;;;;;;;;;;/p-2. The summed E-state index contributed by atoms with van der Waals surface area (Å²) in [5, 5.41) is 8.67. The SMILES string of the molecule is C.C.C.C.C.C.C=C1C=CC(C(C)CC)=C[CH+]1.C=C1C=C[CH+]C(C(C)CC)=C1.CCC(C)c1ccc(C(=O)O)cc1.CCN(CC)CC.CCN(CC)CC.[Cl-].[Cl-]. The third-order valence-corrected chi connectivity index (χ3v) is 9.32. The van der Waals surface area contributed by atoms with Gasteiger partial charge in [-0.1, -0.05) is 139 Å². The second-order valence-corrected chi connectivity index (χ2v) is 12.6. The van der Waals surface area contributed by atoms with Gasteiger partial charge in [-0.2, -0.15) is 0 Å². The fourth-order valence-corrected chi connectivity index (χ4v) is 4.75. The topological polar surface area (TPSA) is 43.8 Å². The molecular weight excluding hydrogens is 743 g/mol. The van der Waals surface area contributed by atoms with Gasteiger partial charge in [-0.3, -0.25) is 0 Å². The lowest BCUT2D eigenvalue weighted by atomic mass is 9.91. The van der Waals surface area contributed by atoms with Gasteiger partial charge in [-0.25, -0.2) is 4.79 Å². The molecule has 0 bridgehead atoms. The number of allylic oxidation sites excluding steroid dienone is 10. The first-order valence-electron chi connectivity index (χ1n) is 18.9. The van der Waals surface area contributed by atoms with E-state index in [2.05, 4.69) is 149 Å². The van der Waals surface area contributed by atoms with Gasteiger partial charge in [-0.05, 0) is 95.6 Å². The third kappa shape index (κ3) is 37.4. The molecule has 0 aliphatic heterocycles. The van der Waals surface area contributed by atoms with Crippen LogP contribution in [0.15, 0.2) is 96.2 Å². The number of hydrogen-bond acceptors (Lipinski definition) is 3. The van der Waals surface area contributed by atoms with Gasteiger partial charge in [0.2, 0.25) is 0 Å². The molecule has 2 aliphatic rings. The number of carboxylic acids is 1. The predicted octanol–water partition coefficient (Wildman–Crippen LogP) is 10.00. The zero-order valence-corrected chi connectivity index (χ0v) is 36.0. The Hall–Kier alpha value is -2.63. The molecule has 57 heavy (non-hydrogen) atoms. The Labute approximate surface area is 373 Å². The largest absolute Gasteiger partial charge is 1.00 e. The van der Waals surface area contributed by atoms with E-state index in [1.807, 2.05) is 18.2 Å². The average Bonchev–Trinajstić information content (AvgIpc) is 3.13. The number of aromatic carboxylic acids is 1. The minimum atomic E-state index is -0.865. The van der Waals surface area contributed by atoms with E-state index in [1.54, 1.807) is 12.1 Å². The number of carbonyl (C=O) groups is 1. The molecule has 1 aromatic carbocycles. The van der Waals surface area contributed by atoms with Crippen LogP contribution in [0, 0.1) is 24.7 Å². The molecule has 3 atom stereocenters. The summed E-state index contributed by atoms with van der Waals surface area (Å²) < 4.78 is 0. The Morgan fingerprint density at radius 1 is 0.614 bits per heavy atom. The van der Waals surface area contributed by atoms with Crippen molar-refractivity contribution in [3.63, 3.8) is 0 Å². The molecule has 4 nitrogen and oxygen atoms in total. The van der Waals surface area contributed by atoms with E-state index >= 15 is 0 Å². The minimum Gasteiger partial charge on any atom is -1.00 e. The van der Waals surface area contributed by atoms with Crippen LogP contribution in [0.3, 0.4) is 0 Å². The van der Waals surface area contributed by atoms with Crippen LogP contribution >= 0.6 is 0 Å².